The number of amides is 1. The van der Waals surface area contributed by atoms with E-state index in [-0.39, 0.29) is 11.8 Å². The number of nitrogens with one attached hydrogen (secondary N) is 1. The molecule has 1 aromatic heterocycles. The van der Waals surface area contributed by atoms with Gasteiger partial charge in [0.05, 0.1) is 19.3 Å². The molecule has 1 amide bonds. The van der Waals surface area contributed by atoms with Gasteiger partial charge in [-0.15, -0.1) is 0 Å². The predicted molar refractivity (Wildman–Crippen MR) is 104 cm³/mol. The Bertz CT molecular complexity index is 940. The van der Waals surface area contributed by atoms with Crippen LogP contribution in [0.5, 0.6) is 0 Å². The summed E-state index contributed by atoms with van der Waals surface area (Å²) in [6.07, 6.45) is -0.429. The lowest BCUT2D eigenvalue weighted by molar-refractivity contribution is -0.0331. The number of ether oxygens (including phenoxy) is 2. The van der Waals surface area contributed by atoms with Gasteiger partial charge in [0.2, 0.25) is 5.95 Å². The highest BCUT2D eigenvalue weighted by atomic mass is 35.5. The Kier molecular flexibility index (Phi) is 5.57. The van der Waals surface area contributed by atoms with E-state index < -0.39 is 23.4 Å². The minimum atomic E-state index is -0.614. The van der Waals surface area contributed by atoms with Crippen LogP contribution in [0.4, 0.5) is 10.7 Å². The fourth-order valence-corrected chi connectivity index (χ4v) is 3.14. The SMILES string of the molecule is CC(C)(C)OC(=O)N1CCOC[C@H]1c1cc(Cl)cc(-c2nc(N)nc(=O)[nH]2)c1. The number of hydrogen-bond acceptors (Lipinski definition) is 7. The molecule has 1 aliphatic heterocycles. The molecular formula is C18H22ClN5O4. The highest BCUT2D eigenvalue weighted by Gasteiger charge is 2.32. The second-order valence-corrected chi connectivity index (χ2v) is 7.83. The monoisotopic (exact) mass is 407 g/mol. The molecule has 1 aliphatic rings. The summed E-state index contributed by atoms with van der Waals surface area (Å²) in [5.74, 6) is 0.0958. The summed E-state index contributed by atoms with van der Waals surface area (Å²) < 4.78 is 11.1. The summed E-state index contributed by atoms with van der Waals surface area (Å²) >= 11 is 6.29. The summed E-state index contributed by atoms with van der Waals surface area (Å²) in [4.78, 5) is 36.0. The molecule has 28 heavy (non-hydrogen) atoms. The fraction of sp³-hybridized carbons (Fsp3) is 0.444. The Balaban J connectivity index is 1.98. The Morgan fingerprint density at radius 2 is 2.11 bits per heavy atom. The number of nitrogen functional groups attached to an aromatic ring is 1. The second-order valence-electron chi connectivity index (χ2n) is 7.40. The number of morpholine rings is 1. The summed E-state index contributed by atoms with van der Waals surface area (Å²) in [5, 5.41) is 0.417. The normalized spacial score (nSPS) is 17.4. The van der Waals surface area contributed by atoms with Crippen molar-refractivity contribution in [2.75, 3.05) is 25.5 Å². The summed E-state index contributed by atoms with van der Waals surface area (Å²) in [5.41, 5.74) is 5.62. The van der Waals surface area contributed by atoms with Crippen molar-refractivity contribution in [2.24, 2.45) is 0 Å². The van der Waals surface area contributed by atoms with E-state index in [0.29, 0.717) is 30.3 Å². The fourth-order valence-electron chi connectivity index (χ4n) is 2.90. The van der Waals surface area contributed by atoms with Gasteiger partial charge in [0.25, 0.3) is 0 Å². The number of hydrogen-bond donors (Lipinski definition) is 2. The number of aromatic amines is 1. The number of halogens is 1. The number of aromatic nitrogens is 3. The van der Waals surface area contributed by atoms with Gasteiger partial charge in [-0.2, -0.15) is 9.97 Å². The van der Waals surface area contributed by atoms with Crippen LogP contribution in [0.25, 0.3) is 11.4 Å². The van der Waals surface area contributed by atoms with E-state index in [1.807, 2.05) is 20.8 Å². The van der Waals surface area contributed by atoms with Crippen molar-refractivity contribution in [1.29, 1.82) is 0 Å². The number of H-pyrrole nitrogens is 1. The van der Waals surface area contributed by atoms with Crippen LogP contribution >= 0.6 is 11.6 Å². The van der Waals surface area contributed by atoms with Crippen LogP contribution in [0, 0.1) is 0 Å². The molecule has 1 atom stereocenters. The van der Waals surface area contributed by atoms with Crippen molar-refractivity contribution in [3.8, 4) is 11.4 Å². The van der Waals surface area contributed by atoms with E-state index in [1.54, 1.807) is 23.1 Å². The zero-order valence-electron chi connectivity index (χ0n) is 15.9. The molecule has 150 valence electrons. The molecule has 9 nitrogen and oxygen atoms in total. The van der Waals surface area contributed by atoms with Gasteiger partial charge in [-0.1, -0.05) is 11.6 Å². The van der Waals surface area contributed by atoms with Crippen LogP contribution in [-0.2, 0) is 9.47 Å². The van der Waals surface area contributed by atoms with Crippen LogP contribution in [0.2, 0.25) is 5.02 Å². The molecule has 0 unspecified atom stereocenters. The van der Waals surface area contributed by atoms with Crippen LogP contribution in [-0.4, -0.2) is 51.3 Å². The molecule has 10 heteroatoms. The highest BCUT2D eigenvalue weighted by Crippen LogP contribution is 2.31. The largest absolute Gasteiger partial charge is 0.444 e. The number of nitrogens with zero attached hydrogens (tertiary/aromatic N) is 3. The van der Waals surface area contributed by atoms with E-state index in [4.69, 9.17) is 26.8 Å². The third-order valence-electron chi connectivity index (χ3n) is 4.00. The standard InChI is InChI=1S/C18H22ClN5O4/c1-18(2,3)28-17(26)24-4-5-27-9-13(24)10-6-11(8-12(19)7-10)14-21-15(20)23-16(25)22-14/h6-8,13H,4-5,9H2,1-3H3,(H3,20,21,22,23,25)/t13-/m0/s1. The van der Waals surface area contributed by atoms with Crippen molar-refractivity contribution in [1.82, 2.24) is 19.9 Å². The van der Waals surface area contributed by atoms with E-state index in [0.717, 1.165) is 5.56 Å². The summed E-state index contributed by atoms with van der Waals surface area (Å²) in [7, 11) is 0. The number of anilines is 1. The number of carbonyl (C=O) groups is 1. The highest BCUT2D eigenvalue weighted by molar-refractivity contribution is 6.30. The van der Waals surface area contributed by atoms with Gasteiger partial charge in [0.15, 0.2) is 0 Å². The van der Waals surface area contributed by atoms with E-state index >= 15 is 0 Å². The molecule has 3 rings (SSSR count). The molecular weight excluding hydrogens is 386 g/mol. The van der Waals surface area contributed by atoms with Crippen molar-refractivity contribution in [3.05, 3.63) is 39.3 Å². The van der Waals surface area contributed by atoms with Gasteiger partial charge in [-0.05, 0) is 44.5 Å². The maximum absolute atomic E-state index is 12.7. The van der Waals surface area contributed by atoms with Crippen LogP contribution in [0.3, 0.4) is 0 Å². The lowest BCUT2D eigenvalue weighted by Crippen LogP contribution is -2.45. The lowest BCUT2D eigenvalue weighted by Gasteiger charge is -2.37. The molecule has 1 saturated heterocycles. The first-order chi connectivity index (χ1) is 13.1. The zero-order chi connectivity index (χ0) is 20.5. The van der Waals surface area contributed by atoms with E-state index in [1.165, 1.54) is 0 Å². The Morgan fingerprint density at radius 3 is 2.79 bits per heavy atom. The van der Waals surface area contributed by atoms with Crippen molar-refractivity contribution >= 4 is 23.6 Å². The summed E-state index contributed by atoms with van der Waals surface area (Å²) in [6.45, 7) is 6.54. The quantitative estimate of drug-likeness (QED) is 0.783. The van der Waals surface area contributed by atoms with Gasteiger partial charge in [-0.25, -0.2) is 9.59 Å². The minimum absolute atomic E-state index is 0.142. The Hall–Kier alpha value is -2.65. The molecule has 0 aliphatic carbocycles. The third kappa shape index (κ3) is 4.79. The van der Waals surface area contributed by atoms with Gasteiger partial charge in [0, 0.05) is 17.1 Å². The number of carbonyl (C=O) groups excluding carboxylic acids is 1. The first-order valence-corrected chi connectivity index (χ1v) is 9.12. The van der Waals surface area contributed by atoms with Gasteiger partial charge in [0.1, 0.15) is 11.4 Å². The van der Waals surface area contributed by atoms with Crippen molar-refractivity contribution < 1.29 is 14.3 Å². The minimum Gasteiger partial charge on any atom is -0.444 e. The zero-order valence-corrected chi connectivity index (χ0v) is 16.6. The first-order valence-electron chi connectivity index (χ1n) is 8.74. The topological polar surface area (TPSA) is 123 Å². The van der Waals surface area contributed by atoms with Crippen molar-refractivity contribution in [2.45, 2.75) is 32.4 Å². The van der Waals surface area contributed by atoms with Crippen LogP contribution < -0.4 is 11.4 Å². The average Bonchev–Trinajstić information content (AvgIpc) is 2.59. The van der Waals surface area contributed by atoms with Crippen LogP contribution in [0.1, 0.15) is 32.4 Å². The predicted octanol–water partition coefficient (Wildman–Crippen LogP) is 2.38. The maximum atomic E-state index is 12.7. The summed E-state index contributed by atoms with van der Waals surface area (Å²) in [6, 6.07) is 4.77. The molecule has 2 heterocycles. The maximum Gasteiger partial charge on any atom is 0.410 e. The van der Waals surface area contributed by atoms with Crippen LogP contribution in [0.15, 0.2) is 23.0 Å². The molecule has 0 bridgehead atoms. The van der Waals surface area contributed by atoms with E-state index in [9.17, 15) is 9.59 Å². The molecule has 2 aromatic rings. The van der Waals surface area contributed by atoms with E-state index in [2.05, 4.69) is 15.0 Å². The van der Waals surface area contributed by atoms with Crippen molar-refractivity contribution in [3.63, 3.8) is 0 Å². The molecule has 0 radical (unpaired) electrons. The van der Waals surface area contributed by atoms with Gasteiger partial charge < -0.3 is 15.2 Å². The smallest absolute Gasteiger partial charge is 0.410 e. The lowest BCUT2D eigenvalue weighted by atomic mass is 10.0. The third-order valence-corrected chi connectivity index (χ3v) is 4.22. The molecule has 3 N–H and O–H groups in total. The van der Waals surface area contributed by atoms with Gasteiger partial charge in [-0.3, -0.25) is 9.88 Å². The number of nitrogens with two attached hydrogens (primary N) is 1. The molecule has 0 saturated carbocycles. The average molecular weight is 408 g/mol. The molecule has 1 fully saturated rings. The Morgan fingerprint density at radius 1 is 1.36 bits per heavy atom. The number of benzene rings is 1. The molecule has 0 spiro atoms. The second kappa shape index (κ2) is 7.76. The first kappa shape index (κ1) is 20.1. The molecule has 1 aromatic carbocycles. The number of rotatable bonds is 2. The van der Waals surface area contributed by atoms with Gasteiger partial charge >= 0.3 is 11.8 Å². The Labute approximate surface area is 166 Å².